The van der Waals surface area contributed by atoms with Gasteiger partial charge in [-0.25, -0.2) is 0 Å². The molecule has 3 heteroatoms. The van der Waals surface area contributed by atoms with Crippen LogP contribution in [-0.4, -0.2) is 8.07 Å². The van der Waals surface area contributed by atoms with Gasteiger partial charge in [0.05, 0.1) is 5.69 Å². The highest BCUT2D eigenvalue weighted by Gasteiger charge is 2.48. The minimum atomic E-state index is -2.84. The Kier molecular flexibility index (Phi) is 9.22. The molecular formula is C58H42N2Si. The van der Waals surface area contributed by atoms with Crippen LogP contribution in [0.1, 0.15) is 0 Å². The van der Waals surface area contributed by atoms with E-state index in [1.807, 2.05) is 0 Å². The van der Waals surface area contributed by atoms with E-state index in [9.17, 15) is 0 Å². The summed E-state index contributed by atoms with van der Waals surface area (Å²) in [7, 11) is -2.84. The van der Waals surface area contributed by atoms with Gasteiger partial charge >= 0.3 is 0 Å². The first kappa shape index (κ1) is 36.4. The van der Waals surface area contributed by atoms with E-state index < -0.39 is 8.07 Å². The van der Waals surface area contributed by atoms with Crippen molar-refractivity contribution in [3.63, 3.8) is 0 Å². The molecule has 0 saturated carbocycles. The first-order chi connectivity index (χ1) is 30.3. The Bertz CT molecular complexity index is 3070. The van der Waals surface area contributed by atoms with E-state index in [0.29, 0.717) is 0 Å². The lowest BCUT2D eigenvalue weighted by Crippen LogP contribution is -2.77. The SMILES string of the molecule is c1ccc(-c2ccc(N(c3ccc(-c4ccc5c(c4)[Si](c4ccccc4)(c4ccccc4)c4ccccc4N5c4ccccc4)cc3)c3cccc4ccccc34)cc2)cc1. The van der Waals surface area contributed by atoms with Gasteiger partial charge in [0.25, 0.3) is 0 Å². The number of anilines is 6. The van der Waals surface area contributed by atoms with Crippen molar-refractivity contribution in [2.24, 2.45) is 0 Å². The summed E-state index contributed by atoms with van der Waals surface area (Å²) in [5.41, 5.74) is 11.8. The molecule has 0 atom stereocenters. The van der Waals surface area contributed by atoms with Crippen LogP contribution in [0.2, 0.25) is 0 Å². The topological polar surface area (TPSA) is 6.48 Å². The quantitative estimate of drug-likeness (QED) is 0.141. The number of hydrogen-bond donors (Lipinski definition) is 0. The number of para-hydroxylation sites is 2. The normalized spacial score (nSPS) is 12.7. The van der Waals surface area contributed by atoms with E-state index in [1.165, 1.54) is 65.1 Å². The molecule has 288 valence electrons. The van der Waals surface area contributed by atoms with E-state index in [0.717, 1.165) is 22.7 Å². The van der Waals surface area contributed by atoms with Crippen molar-refractivity contribution in [2.75, 3.05) is 9.80 Å². The molecule has 0 amide bonds. The molecular weight excluding hydrogens is 753 g/mol. The zero-order valence-corrected chi connectivity index (χ0v) is 34.6. The summed E-state index contributed by atoms with van der Waals surface area (Å²) in [6.45, 7) is 0. The number of rotatable bonds is 8. The first-order valence-electron chi connectivity index (χ1n) is 21.0. The molecule has 2 nitrogen and oxygen atoms in total. The van der Waals surface area contributed by atoms with Crippen LogP contribution in [-0.2, 0) is 0 Å². The van der Waals surface area contributed by atoms with Gasteiger partial charge in [-0.15, -0.1) is 0 Å². The Balaban J connectivity index is 1.08. The lowest BCUT2D eigenvalue weighted by molar-refractivity contribution is 1.29. The van der Waals surface area contributed by atoms with E-state index in [1.54, 1.807) is 0 Å². The van der Waals surface area contributed by atoms with Gasteiger partial charge in [-0.3, -0.25) is 0 Å². The van der Waals surface area contributed by atoms with Gasteiger partial charge in [-0.1, -0.05) is 200 Å². The molecule has 0 N–H and O–H groups in total. The van der Waals surface area contributed by atoms with Gasteiger partial charge < -0.3 is 9.80 Å². The summed E-state index contributed by atoms with van der Waals surface area (Å²) in [5, 5.41) is 7.94. The second-order valence-electron chi connectivity index (χ2n) is 15.7. The summed E-state index contributed by atoms with van der Waals surface area (Å²) in [5.74, 6) is 0. The predicted molar refractivity (Wildman–Crippen MR) is 261 cm³/mol. The molecule has 1 aliphatic rings. The van der Waals surface area contributed by atoms with Crippen LogP contribution in [0.5, 0.6) is 0 Å². The maximum Gasteiger partial charge on any atom is 0.184 e. The third kappa shape index (κ3) is 6.26. The number of nitrogens with zero attached hydrogens (tertiary/aromatic N) is 2. The molecule has 0 unspecified atom stereocenters. The molecule has 1 aliphatic heterocycles. The maximum absolute atomic E-state index is 2.84. The third-order valence-electron chi connectivity index (χ3n) is 12.3. The zero-order valence-electron chi connectivity index (χ0n) is 33.6. The Morgan fingerprint density at radius 3 is 1.46 bits per heavy atom. The summed E-state index contributed by atoms with van der Waals surface area (Å²) in [4.78, 5) is 4.87. The molecule has 0 saturated heterocycles. The highest BCUT2D eigenvalue weighted by atomic mass is 28.3. The fourth-order valence-electron chi connectivity index (χ4n) is 9.56. The second kappa shape index (κ2) is 15.5. The molecule has 10 aromatic carbocycles. The lowest BCUT2D eigenvalue weighted by atomic mass is 10.0. The number of fused-ring (bicyclic) bond motifs is 3. The third-order valence-corrected chi connectivity index (χ3v) is 17.2. The molecule has 0 aliphatic carbocycles. The number of benzene rings is 10. The summed E-state index contributed by atoms with van der Waals surface area (Å²) < 4.78 is 0. The van der Waals surface area contributed by atoms with Gasteiger partial charge in [0, 0.05) is 33.8 Å². The fraction of sp³-hybridized carbons (Fsp3) is 0. The number of hydrogen-bond acceptors (Lipinski definition) is 2. The average Bonchev–Trinajstić information content (AvgIpc) is 3.35. The van der Waals surface area contributed by atoms with E-state index in [4.69, 9.17) is 0 Å². The van der Waals surface area contributed by atoms with E-state index in [2.05, 4.69) is 265 Å². The summed E-state index contributed by atoms with van der Waals surface area (Å²) in [6, 6.07) is 93.6. The fourth-order valence-corrected chi connectivity index (χ4v) is 14.7. The minimum Gasteiger partial charge on any atom is -0.311 e. The Morgan fingerprint density at radius 2 is 0.803 bits per heavy atom. The van der Waals surface area contributed by atoms with Crippen LogP contribution in [0.15, 0.2) is 255 Å². The van der Waals surface area contributed by atoms with Crippen LogP contribution >= 0.6 is 0 Å². The predicted octanol–water partition coefficient (Wildman–Crippen LogP) is 12.8. The van der Waals surface area contributed by atoms with E-state index in [-0.39, 0.29) is 0 Å². The molecule has 1 heterocycles. The van der Waals surface area contributed by atoms with Gasteiger partial charge in [-0.05, 0) is 103 Å². The Labute approximate surface area is 358 Å². The summed E-state index contributed by atoms with van der Waals surface area (Å²) >= 11 is 0. The molecule has 11 rings (SSSR count). The maximum atomic E-state index is 2.51. The largest absolute Gasteiger partial charge is 0.311 e. The van der Waals surface area contributed by atoms with Crippen LogP contribution in [0.3, 0.4) is 0 Å². The van der Waals surface area contributed by atoms with Crippen molar-refractivity contribution < 1.29 is 0 Å². The van der Waals surface area contributed by atoms with Crippen molar-refractivity contribution >= 4 is 73.7 Å². The molecule has 0 bridgehead atoms. The highest BCUT2D eigenvalue weighted by molar-refractivity contribution is 7.21. The molecule has 0 fully saturated rings. The van der Waals surface area contributed by atoms with Crippen molar-refractivity contribution in [3.8, 4) is 22.3 Å². The summed E-state index contributed by atoms with van der Waals surface area (Å²) in [6.07, 6.45) is 0. The zero-order chi connectivity index (χ0) is 40.6. The monoisotopic (exact) mass is 794 g/mol. The van der Waals surface area contributed by atoms with Crippen LogP contribution in [0.25, 0.3) is 33.0 Å². The Morgan fingerprint density at radius 1 is 0.328 bits per heavy atom. The smallest absolute Gasteiger partial charge is 0.184 e. The van der Waals surface area contributed by atoms with Gasteiger partial charge in [-0.2, -0.15) is 0 Å². The minimum absolute atomic E-state index is 1.10. The van der Waals surface area contributed by atoms with Crippen molar-refractivity contribution in [2.45, 2.75) is 0 Å². The molecule has 61 heavy (non-hydrogen) atoms. The van der Waals surface area contributed by atoms with Gasteiger partial charge in [0.2, 0.25) is 0 Å². The van der Waals surface area contributed by atoms with Gasteiger partial charge in [0.15, 0.2) is 8.07 Å². The van der Waals surface area contributed by atoms with Crippen LogP contribution in [0, 0.1) is 0 Å². The molecule has 10 aromatic rings. The highest BCUT2D eigenvalue weighted by Crippen LogP contribution is 2.42. The molecule has 0 aromatic heterocycles. The van der Waals surface area contributed by atoms with Crippen LogP contribution in [0.4, 0.5) is 34.1 Å². The van der Waals surface area contributed by atoms with Crippen LogP contribution < -0.4 is 30.5 Å². The Hall–Kier alpha value is -7.72. The van der Waals surface area contributed by atoms with Crippen molar-refractivity contribution in [1.82, 2.24) is 0 Å². The lowest BCUT2D eigenvalue weighted by Gasteiger charge is -2.45. The van der Waals surface area contributed by atoms with Crippen molar-refractivity contribution in [3.05, 3.63) is 255 Å². The molecule has 0 radical (unpaired) electrons. The van der Waals surface area contributed by atoms with Crippen molar-refractivity contribution in [1.29, 1.82) is 0 Å². The second-order valence-corrected chi connectivity index (χ2v) is 19.4. The average molecular weight is 795 g/mol. The van der Waals surface area contributed by atoms with Gasteiger partial charge in [0.1, 0.15) is 0 Å². The standard InChI is InChI=1S/C58H42N2Si/c1-5-18-43(19-6-1)44-32-37-49(38-33-44)59(54-30-17-21-46-20-13-14-28-53(46)54)50-39-34-45(35-40-50)47-36-41-56-58(42-47)61(51-24-9-3-10-25-51,52-26-11-4-12-27-52)57-31-16-15-29-55(57)60(56)48-22-7-2-8-23-48/h1-42H. The first-order valence-corrected chi connectivity index (χ1v) is 23.0. The van der Waals surface area contributed by atoms with E-state index >= 15 is 0 Å². The molecule has 0 spiro atoms.